The monoisotopic (exact) mass is 360 g/mol. The van der Waals surface area contributed by atoms with Crippen LogP contribution in [0.3, 0.4) is 0 Å². The van der Waals surface area contributed by atoms with Gasteiger partial charge in [-0.25, -0.2) is 0 Å². The Hall–Kier alpha value is -1.92. The van der Waals surface area contributed by atoms with Gasteiger partial charge in [-0.3, -0.25) is 9.59 Å². The molecule has 0 N–H and O–H groups in total. The SMILES string of the molecule is O=C(CCc1cccc(CCC(=O)N2CCOCC2)c1)N1CCOCC1. The number of ether oxygens (including phenoxy) is 2. The topological polar surface area (TPSA) is 59.1 Å². The highest BCUT2D eigenvalue weighted by atomic mass is 16.5. The summed E-state index contributed by atoms with van der Waals surface area (Å²) in [5.41, 5.74) is 2.31. The van der Waals surface area contributed by atoms with Crippen LogP contribution in [0, 0.1) is 0 Å². The van der Waals surface area contributed by atoms with Gasteiger partial charge in [0.15, 0.2) is 0 Å². The number of nitrogens with zero attached hydrogens (tertiary/aromatic N) is 2. The Labute approximate surface area is 155 Å². The van der Waals surface area contributed by atoms with Crippen LogP contribution in [0.2, 0.25) is 0 Å². The maximum atomic E-state index is 12.3. The predicted molar refractivity (Wildman–Crippen MR) is 97.9 cm³/mol. The molecule has 26 heavy (non-hydrogen) atoms. The number of hydrogen-bond acceptors (Lipinski definition) is 4. The molecule has 0 unspecified atom stereocenters. The third-order valence-corrected chi connectivity index (χ3v) is 4.97. The minimum Gasteiger partial charge on any atom is -0.378 e. The van der Waals surface area contributed by atoms with Crippen molar-refractivity contribution in [1.82, 2.24) is 9.80 Å². The first kappa shape index (κ1) is 18.9. The number of hydrogen-bond donors (Lipinski definition) is 0. The first-order chi connectivity index (χ1) is 12.7. The van der Waals surface area contributed by atoms with Gasteiger partial charge in [0.1, 0.15) is 0 Å². The van der Waals surface area contributed by atoms with Gasteiger partial charge in [-0.1, -0.05) is 24.3 Å². The number of amides is 2. The summed E-state index contributed by atoms with van der Waals surface area (Å²) >= 11 is 0. The van der Waals surface area contributed by atoms with Crippen LogP contribution in [-0.4, -0.2) is 74.2 Å². The number of carbonyl (C=O) groups excluding carboxylic acids is 2. The molecule has 0 aromatic heterocycles. The van der Waals surface area contributed by atoms with Gasteiger partial charge in [0, 0.05) is 39.0 Å². The largest absolute Gasteiger partial charge is 0.378 e. The minimum absolute atomic E-state index is 0.196. The number of carbonyl (C=O) groups is 2. The summed E-state index contributed by atoms with van der Waals surface area (Å²) in [5.74, 6) is 0.391. The Balaban J connectivity index is 1.45. The van der Waals surface area contributed by atoms with Crippen LogP contribution >= 0.6 is 0 Å². The Kier molecular flexibility index (Phi) is 7.03. The van der Waals surface area contributed by atoms with Crippen LogP contribution in [0.5, 0.6) is 0 Å². The van der Waals surface area contributed by atoms with E-state index in [9.17, 15) is 9.59 Å². The van der Waals surface area contributed by atoms with Gasteiger partial charge in [0.2, 0.25) is 11.8 Å². The molecule has 2 aliphatic rings. The smallest absolute Gasteiger partial charge is 0.223 e. The molecule has 2 heterocycles. The highest BCUT2D eigenvalue weighted by molar-refractivity contribution is 5.77. The van der Waals surface area contributed by atoms with Gasteiger partial charge >= 0.3 is 0 Å². The van der Waals surface area contributed by atoms with E-state index in [0.717, 1.165) is 24.0 Å². The number of rotatable bonds is 6. The van der Waals surface area contributed by atoms with Crippen molar-refractivity contribution in [2.24, 2.45) is 0 Å². The lowest BCUT2D eigenvalue weighted by atomic mass is 10.0. The second-order valence-electron chi connectivity index (χ2n) is 6.81. The zero-order valence-electron chi connectivity index (χ0n) is 15.3. The van der Waals surface area contributed by atoms with Gasteiger partial charge in [0.05, 0.1) is 26.4 Å². The molecule has 2 fully saturated rings. The van der Waals surface area contributed by atoms with Crippen LogP contribution in [0.15, 0.2) is 24.3 Å². The molecule has 3 rings (SSSR count). The Morgan fingerprint density at radius 3 is 1.62 bits per heavy atom. The number of aryl methyl sites for hydroxylation is 2. The molecule has 142 valence electrons. The van der Waals surface area contributed by atoms with E-state index in [4.69, 9.17) is 9.47 Å². The molecule has 6 heteroatoms. The summed E-state index contributed by atoms with van der Waals surface area (Å²) in [6.07, 6.45) is 2.52. The highest BCUT2D eigenvalue weighted by Crippen LogP contribution is 2.12. The van der Waals surface area contributed by atoms with E-state index in [1.165, 1.54) is 0 Å². The summed E-state index contributed by atoms with van der Waals surface area (Å²) < 4.78 is 10.6. The van der Waals surface area contributed by atoms with Crippen LogP contribution in [0.25, 0.3) is 0 Å². The Bertz CT molecular complexity index is 558. The van der Waals surface area contributed by atoms with Crippen molar-refractivity contribution in [1.29, 1.82) is 0 Å². The highest BCUT2D eigenvalue weighted by Gasteiger charge is 2.17. The van der Waals surface area contributed by atoms with Crippen molar-refractivity contribution in [3.63, 3.8) is 0 Å². The summed E-state index contributed by atoms with van der Waals surface area (Å²) in [6.45, 7) is 5.34. The molecule has 0 bridgehead atoms. The van der Waals surface area contributed by atoms with Crippen LogP contribution in [0.4, 0.5) is 0 Å². The number of morpholine rings is 2. The standard InChI is InChI=1S/C20H28N2O4/c23-19(21-8-12-25-13-9-21)6-4-17-2-1-3-18(16-17)5-7-20(24)22-10-14-26-15-11-22/h1-3,16H,4-15H2. The first-order valence-electron chi connectivity index (χ1n) is 9.51. The van der Waals surface area contributed by atoms with Gasteiger partial charge in [-0.05, 0) is 24.0 Å². The molecule has 0 saturated carbocycles. The van der Waals surface area contributed by atoms with Gasteiger partial charge < -0.3 is 19.3 Å². The van der Waals surface area contributed by atoms with E-state index >= 15 is 0 Å². The van der Waals surface area contributed by atoms with E-state index in [1.807, 2.05) is 15.9 Å². The van der Waals surface area contributed by atoms with Crippen molar-refractivity contribution in [3.8, 4) is 0 Å². The quantitative estimate of drug-likeness (QED) is 0.767. The molecule has 2 saturated heterocycles. The molecule has 0 aliphatic carbocycles. The molecular weight excluding hydrogens is 332 g/mol. The lowest BCUT2D eigenvalue weighted by molar-refractivity contribution is -0.135. The Morgan fingerprint density at radius 2 is 1.19 bits per heavy atom. The zero-order chi connectivity index (χ0) is 18.2. The van der Waals surface area contributed by atoms with Crippen LogP contribution in [-0.2, 0) is 31.9 Å². The summed E-state index contributed by atoms with van der Waals surface area (Å²) in [5, 5.41) is 0. The third-order valence-electron chi connectivity index (χ3n) is 4.97. The van der Waals surface area contributed by atoms with Crippen molar-refractivity contribution in [3.05, 3.63) is 35.4 Å². The third kappa shape index (κ3) is 5.54. The lowest BCUT2D eigenvalue weighted by Gasteiger charge is -2.27. The van der Waals surface area contributed by atoms with Gasteiger partial charge in [-0.15, -0.1) is 0 Å². The fraction of sp³-hybridized carbons (Fsp3) is 0.600. The summed E-state index contributed by atoms with van der Waals surface area (Å²) in [6, 6.07) is 8.25. The molecule has 0 atom stereocenters. The van der Waals surface area contributed by atoms with Gasteiger partial charge in [-0.2, -0.15) is 0 Å². The molecule has 1 aromatic rings. The molecule has 1 aromatic carbocycles. The second-order valence-corrected chi connectivity index (χ2v) is 6.81. The average Bonchev–Trinajstić information content (AvgIpc) is 2.72. The minimum atomic E-state index is 0.196. The normalized spacial score (nSPS) is 18.0. The van der Waals surface area contributed by atoms with Crippen molar-refractivity contribution in [2.45, 2.75) is 25.7 Å². The molecule has 2 aliphatic heterocycles. The van der Waals surface area contributed by atoms with Gasteiger partial charge in [0.25, 0.3) is 0 Å². The molecule has 0 spiro atoms. The van der Waals surface area contributed by atoms with Crippen molar-refractivity contribution in [2.75, 3.05) is 52.6 Å². The van der Waals surface area contributed by atoms with Crippen LogP contribution < -0.4 is 0 Å². The maximum absolute atomic E-state index is 12.3. The van der Waals surface area contributed by atoms with Crippen molar-refractivity contribution < 1.29 is 19.1 Å². The molecule has 0 radical (unpaired) electrons. The lowest BCUT2D eigenvalue weighted by Crippen LogP contribution is -2.40. The fourth-order valence-corrected chi connectivity index (χ4v) is 3.38. The fourth-order valence-electron chi connectivity index (χ4n) is 3.38. The maximum Gasteiger partial charge on any atom is 0.223 e. The summed E-state index contributed by atoms with van der Waals surface area (Å²) in [7, 11) is 0. The zero-order valence-corrected chi connectivity index (χ0v) is 15.3. The predicted octanol–water partition coefficient (Wildman–Crippen LogP) is 1.27. The molecule has 6 nitrogen and oxygen atoms in total. The van der Waals surface area contributed by atoms with Crippen molar-refractivity contribution >= 4 is 11.8 Å². The average molecular weight is 360 g/mol. The van der Waals surface area contributed by atoms with E-state index in [0.29, 0.717) is 65.4 Å². The number of benzene rings is 1. The van der Waals surface area contributed by atoms with E-state index < -0.39 is 0 Å². The van der Waals surface area contributed by atoms with E-state index in [2.05, 4.69) is 18.2 Å². The molecule has 2 amide bonds. The second kappa shape index (κ2) is 9.69. The molecular formula is C20H28N2O4. The van der Waals surface area contributed by atoms with E-state index in [1.54, 1.807) is 0 Å². The first-order valence-corrected chi connectivity index (χ1v) is 9.51. The van der Waals surface area contributed by atoms with E-state index in [-0.39, 0.29) is 11.8 Å². The van der Waals surface area contributed by atoms with Crippen LogP contribution in [0.1, 0.15) is 24.0 Å². The summed E-state index contributed by atoms with van der Waals surface area (Å²) in [4.78, 5) is 28.3. The Morgan fingerprint density at radius 1 is 0.769 bits per heavy atom.